The van der Waals surface area contributed by atoms with Gasteiger partial charge in [-0.25, -0.2) is 0 Å². The van der Waals surface area contributed by atoms with Crippen molar-refractivity contribution in [2.75, 3.05) is 13.3 Å². The van der Waals surface area contributed by atoms with Crippen molar-refractivity contribution in [2.45, 2.75) is 31.5 Å². The lowest BCUT2D eigenvalue weighted by Crippen LogP contribution is -2.39. The topological polar surface area (TPSA) is 62.2 Å². The number of benzene rings is 3. The Labute approximate surface area is 150 Å². The fourth-order valence-electron chi connectivity index (χ4n) is 5.02. The van der Waals surface area contributed by atoms with Crippen LogP contribution in [-0.4, -0.2) is 34.5 Å². The Morgan fingerprint density at radius 2 is 1.73 bits per heavy atom. The van der Waals surface area contributed by atoms with Crippen molar-refractivity contribution in [3.8, 4) is 17.2 Å². The molecule has 0 unspecified atom stereocenters. The van der Waals surface area contributed by atoms with Crippen molar-refractivity contribution in [3.63, 3.8) is 0 Å². The molecule has 0 spiro atoms. The number of ether oxygens (including phenoxy) is 2. The van der Waals surface area contributed by atoms with Gasteiger partial charge in [0.25, 0.3) is 0 Å². The second kappa shape index (κ2) is 5.02. The molecule has 3 heterocycles. The number of phenols is 1. The molecule has 0 aromatic heterocycles. The first kappa shape index (κ1) is 14.6. The van der Waals surface area contributed by atoms with Crippen LogP contribution in [0.3, 0.4) is 0 Å². The average molecular weight is 349 g/mol. The molecule has 0 amide bonds. The third-order valence-corrected chi connectivity index (χ3v) is 6.18. The third-order valence-electron chi connectivity index (χ3n) is 6.18. The summed E-state index contributed by atoms with van der Waals surface area (Å²) in [4.78, 5) is 2.39. The summed E-state index contributed by atoms with van der Waals surface area (Å²) >= 11 is 0. The Morgan fingerprint density at radius 3 is 2.58 bits per heavy atom. The van der Waals surface area contributed by atoms with Gasteiger partial charge >= 0.3 is 0 Å². The number of rotatable bonds is 0. The van der Waals surface area contributed by atoms with Gasteiger partial charge in [-0.15, -0.1) is 0 Å². The normalized spacial score (nSPS) is 24.2. The fourth-order valence-corrected chi connectivity index (χ4v) is 5.02. The predicted octanol–water partition coefficient (Wildman–Crippen LogP) is 3.44. The second-order valence-electron chi connectivity index (χ2n) is 7.50. The summed E-state index contributed by atoms with van der Waals surface area (Å²) in [5.41, 5.74) is 2.18. The van der Waals surface area contributed by atoms with E-state index in [1.165, 1.54) is 5.56 Å². The van der Waals surface area contributed by atoms with Crippen LogP contribution in [0.5, 0.6) is 17.2 Å². The number of aliphatic hydroxyl groups is 1. The zero-order valence-corrected chi connectivity index (χ0v) is 14.2. The van der Waals surface area contributed by atoms with Gasteiger partial charge in [-0.1, -0.05) is 6.07 Å². The molecule has 0 saturated carbocycles. The van der Waals surface area contributed by atoms with E-state index < -0.39 is 6.10 Å². The van der Waals surface area contributed by atoms with Crippen LogP contribution in [0.1, 0.15) is 30.1 Å². The number of aliphatic hydroxyl groups excluding tert-OH is 1. The van der Waals surface area contributed by atoms with Gasteiger partial charge in [0.2, 0.25) is 6.79 Å². The first-order valence-electron chi connectivity index (χ1n) is 9.13. The van der Waals surface area contributed by atoms with Gasteiger partial charge in [0, 0.05) is 12.6 Å². The summed E-state index contributed by atoms with van der Waals surface area (Å²) in [6.45, 7) is 2.10. The SMILES string of the molecule is Oc1ccc2c3c(c4cc5c(cc4c2c1)OCO5)CN1CCC[C@H]1[C@H]3O. The molecule has 3 aliphatic heterocycles. The maximum atomic E-state index is 11.2. The van der Waals surface area contributed by atoms with E-state index >= 15 is 0 Å². The first-order valence-corrected chi connectivity index (χ1v) is 9.13. The molecule has 3 aromatic rings. The maximum absolute atomic E-state index is 11.2. The van der Waals surface area contributed by atoms with Crippen LogP contribution >= 0.6 is 0 Å². The van der Waals surface area contributed by atoms with Gasteiger partial charge in [0.05, 0.1) is 6.10 Å². The molecule has 5 heteroatoms. The van der Waals surface area contributed by atoms with Gasteiger partial charge < -0.3 is 19.7 Å². The Bertz CT molecular complexity index is 1080. The minimum absolute atomic E-state index is 0.186. The van der Waals surface area contributed by atoms with Crippen molar-refractivity contribution in [2.24, 2.45) is 0 Å². The summed E-state index contributed by atoms with van der Waals surface area (Å²) in [7, 11) is 0. The first-order chi connectivity index (χ1) is 12.7. The quantitative estimate of drug-likeness (QED) is 0.609. The Balaban J connectivity index is 1.76. The fraction of sp³-hybridized carbons (Fsp3) is 0.333. The number of phenolic OH excluding ortho intramolecular Hbond substituents is 1. The molecule has 2 atom stereocenters. The standard InChI is InChI=1S/C21H19NO4/c23-11-3-4-12-13(6-11)14-7-18-19(26-10-25-18)8-15(14)16-9-22-5-1-2-17(22)21(24)20(12)16/h3-4,6-8,17,21,23-24H,1-2,5,9-10H2/t17-,21+/m0/s1. The smallest absolute Gasteiger partial charge is 0.231 e. The molecule has 3 aromatic carbocycles. The molecule has 132 valence electrons. The van der Waals surface area contributed by atoms with Crippen molar-refractivity contribution >= 4 is 21.5 Å². The molecule has 1 fully saturated rings. The van der Waals surface area contributed by atoms with Crippen LogP contribution in [0, 0.1) is 0 Å². The van der Waals surface area contributed by atoms with Crippen molar-refractivity contribution in [3.05, 3.63) is 41.5 Å². The summed E-state index contributed by atoms with van der Waals surface area (Å²) in [6.07, 6.45) is 1.64. The monoisotopic (exact) mass is 349 g/mol. The van der Waals surface area contributed by atoms with Crippen LogP contribution in [-0.2, 0) is 6.54 Å². The highest BCUT2D eigenvalue weighted by Gasteiger charge is 2.39. The van der Waals surface area contributed by atoms with E-state index in [2.05, 4.69) is 4.90 Å². The molecule has 0 radical (unpaired) electrons. The zero-order valence-electron chi connectivity index (χ0n) is 14.2. The van der Waals surface area contributed by atoms with E-state index in [0.29, 0.717) is 0 Å². The largest absolute Gasteiger partial charge is 0.508 e. The molecule has 1 saturated heterocycles. The van der Waals surface area contributed by atoms with Crippen LogP contribution < -0.4 is 9.47 Å². The van der Waals surface area contributed by atoms with E-state index in [1.807, 2.05) is 18.2 Å². The molecule has 3 aliphatic rings. The number of nitrogens with zero attached hydrogens (tertiary/aromatic N) is 1. The van der Waals surface area contributed by atoms with Crippen LogP contribution in [0.15, 0.2) is 30.3 Å². The number of hydrogen-bond acceptors (Lipinski definition) is 5. The lowest BCUT2D eigenvalue weighted by molar-refractivity contribution is 0.0552. The van der Waals surface area contributed by atoms with Gasteiger partial charge in [0.15, 0.2) is 11.5 Å². The van der Waals surface area contributed by atoms with E-state index in [4.69, 9.17) is 9.47 Å². The molecule has 5 nitrogen and oxygen atoms in total. The molecule has 26 heavy (non-hydrogen) atoms. The summed E-state index contributed by atoms with van der Waals surface area (Å²) in [5, 5.41) is 25.3. The molecule has 0 aliphatic carbocycles. The third kappa shape index (κ3) is 1.82. The van der Waals surface area contributed by atoms with Gasteiger partial charge in [-0.2, -0.15) is 0 Å². The van der Waals surface area contributed by atoms with Crippen molar-refractivity contribution in [1.82, 2.24) is 4.90 Å². The van der Waals surface area contributed by atoms with Crippen molar-refractivity contribution in [1.29, 1.82) is 0 Å². The van der Waals surface area contributed by atoms with E-state index in [-0.39, 0.29) is 18.6 Å². The second-order valence-corrected chi connectivity index (χ2v) is 7.50. The molecule has 0 bridgehead atoms. The predicted molar refractivity (Wildman–Crippen MR) is 97.6 cm³/mol. The van der Waals surface area contributed by atoms with Crippen LogP contribution in [0.25, 0.3) is 21.5 Å². The average Bonchev–Trinajstić information content (AvgIpc) is 3.29. The minimum Gasteiger partial charge on any atom is -0.508 e. The Hall–Kier alpha value is -2.50. The summed E-state index contributed by atoms with van der Waals surface area (Å²) < 4.78 is 11.2. The number of hydrogen-bond donors (Lipinski definition) is 2. The molecule has 6 rings (SSSR count). The van der Waals surface area contributed by atoms with Crippen LogP contribution in [0.2, 0.25) is 0 Å². The van der Waals surface area contributed by atoms with Gasteiger partial charge in [-0.3, -0.25) is 4.90 Å². The van der Waals surface area contributed by atoms with Gasteiger partial charge in [0.1, 0.15) is 5.75 Å². The molecule has 2 N–H and O–H groups in total. The number of fused-ring (bicyclic) bond motifs is 8. The van der Waals surface area contributed by atoms with E-state index in [1.54, 1.807) is 12.1 Å². The van der Waals surface area contributed by atoms with E-state index in [9.17, 15) is 10.2 Å². The molecular weight excluding hydrogens is 330 g/mol. The van der Waals surface area contributed by atoms with Gasteiger partial charge in [-0.05, 0) is 76.3 Å². The van der Waals surface area contributed by atoms with Crippen LogP contribution in [0.4, 0.5) is 0 Å². The Morgan fingerprint density at radius 1 is 0.962 bits per heavy atom. The highest BCUT2D eigenvalue weighted by Crippen LogP contribution is 2.48. The molecular formula is C21H19NO4. The zero-order chi connectivity index (χ0) is 17.4. The summed E-state index contributed by atoms with van der Waals surface area (Å²) in [5.74, 6) is 1.71. The lowest BCUT2D eigenvalue weighted by Gasteiger charge is -2.37. The highest BCUT2D eigenvalue weighted by atomic mass is 16.7. The highest BCUT2D eigenvalue weighted by molar-refractivity contribution is 6.12. The lowest BCUT2D eigenvalue weighted by atomic mass is 9.83. The van der Waals surface area contributed by atoms with Crippen molar-refractivity contribution < 1.29 is 19.7 Å². The Kier molecular flexibility index (Phi) is 2.83. The van der Waals surface area contributed by atoms with E-state index in [0.717, 1.165) is 64.5 Å². The summed E-state index contributed by atoms with van der Waals surface area (Å²) in [6, 6.07) is 9.64. The minimum atomic E-state index is -0.511. The maximum Gasteiger partial charge on any atom is 0.231 e. The number of aromatic hydroxyl groups is 1.